The Bertz CT molecular complexity index is 380. The molecule has 0 heterocycles. The van der Waals surface area contributed by atoms with E-state index in [1.807, 2.05) is 0 Å². The van der Waals surface area contributed by atoms with Gasteiger partial charge >= 0.3 is 0 Å². The molecule has 1 aromatic carbocycles. The van der Waals surface area contributed by atoms with Gasteiger partial charge in [0, 0.05) is 5.92 Å². The fourth-order valence-electron chi connectivity index (χ4n) is 2.56. The highest BCUT2D eigenvalue weighted by atomic mass is 16.5. The second kappa shape index (κ2) is 5.72. The number of hydrogen-bond acceptors (Lipinski definition) is 1. The van der Waals surface area contributed by atoms with Crippen molar-refractivity contribution in [3.8, 4) is 0 Å². The Labute approximate surface area is 104 Å². The van der Waals surface area contributed by atoms with E-state index in [2.05, 4.69) is 43.5 Å². The molecule has 90 valence electrons. The second-order valence-corrected chi connectivity index (χ2v) is 4.63. The number of ether oxygens (including phenoxy) is 1. The topological polar surface area (TPSA) is 9.23 Å². The van der Waals surface area contributed by atoms with Gasteiger partial charge in [-0.2, -0.15) is 0 Å². The molecule has 0 aromatic heterocycles. The van der Waals surface area contributed by atoms with Crippen LogP contribution < -0.4 is 0 Å². The van der Waals surface area contributed by atoms with Crippen molar-refractivity contribution in [3.05, 3.63) is 60.9 Å². The summed E-state index contributed by atoms with van der Waals surface area (Å²) in [7, 11) is 0. The summed E-state index contributed by atoms with van der Waals surface area (Å²) in [5.74, 6) is 1.19. The lowest BCUT2D eigenvalue weighted by Crippen LogP contribution is -2.25. The highest BCUT2D eigenvalue weighted by Gasteiger charge is 2.27. The van der Waals surface area contributed by atoms with Crippen LogP contribution in [0.2, 0.25) is 0 Å². The predicted molar refractivity (Wildman–Crippen MR) is 71.9 cm³/mol. The molecule has 0 aliphatic heterocycles. The van der Waals surface area contributed by atoms with E-state index in [9.17, 15) is 0 Å². The first-order valence-corrected chi connectivity index (χ1v) is 6.34. The van der Waals surface area contributed by atoms with Crippen molar-refractivity contribution in [2.75, 3.05) is 0 Å². The molecule has 0 radical (unpaired) electrons. The molecule has 1 nitrogen and oxygen atoms in total. The molecule has 1 aromatic rings. The van der Waals surface area contributed by atoms with Crippen LogP contribution in [0, 0.1) is 0 Å². The Morgan fingerprint density at radius 1 is 1.18 bits per heavy atom. The average Bonchev–Trinajstić information content (AvgIpc) is 2.40. The summed E-state index contributed by atoms with van der Waals surface area (Å²) >= 11 is 0. The van der Waals surface area contributed by atoms with E-state index in [1.54, 1.807) is 6.08 Å². The number of hydrogen-bond donors (Lipinski definition) is 0. The third-order valence-electron chi connectivity index (χ3n) is 3.46. The number of benzene rings is 1. The van der Waals surface area contributed by atoms with Crippen molar-refractivity contribution in [2.24, 2.45) is 0 Å². The molecule has 1 heteroatoms. The predicted octanol–water partition coefficient (Wildman–Crippen LogP) is 4.43. The Balaban J connectivity index is 2.12. The van der Waals surface area contributed by atoms with Gasteiger partial charge in [-0.05, 0) is 30.9 Å². The molecule has 1 fully saturated rings. The largest absolute Gasteiger partial charge is 0.490 e. The first-order chi connectivity index (χ1) is 8.31. The first kappa shape index (κ1) is 12.0. The molecule has 1 aliphatic carbocycles. The minimum Gasteiger partial charge on any atom is -0.490 e. The summed E-state index contributed by atoms with van der Waals surface area (Å²) < 4.78 is 5.89. The van der Waals surface area contributed by atoms with Gasteiger partial charge in [0.2, 0.25) is 0 Å². The quantitative estimate of drug-likeness (QED) is 0.547. The minimum atomic E-state index is 0.261. The van der Waals surface area contributed by atoms with Crippen molar-refractivity contribution < 1.29 is 4.74 Å². The smallest absolute Gasteiger partial charge is 0.111 e. The molecule has 0 spiro atoms. The second-order valence-electron chi connectivity index (χ2n) is 4.63. The van der Waals surface area contributed by atoms with Crippen LogP contribution in [0.3, 0.4) is 0 Å². The fourth-order valence-corrected chi connectivity index (χ4v) is 2.56. The van der Waals surface area contributed by atoms with Gasteiger partial charge in [0.25, 0.3) is 0 Å². The van der Waals surface area contributed by atoms with Crippen molar-refractivity contribution in [1.82, 2.24) is 0 Å². The SMILES string of the molecule is C=CC(=C)O[C@H]1CCCC[C@@H]1c1ccccc1. The summed E-state index contributed by atoms with van der Waals surface area (Å²) in [6.45, 7) is 7.55. The summed E-state index contributed by atoms with van der Waals surface area (Å²) in [6.07, 6.45) is 6.82. The zero-order valence-corrected chi connectivity index (χ0v) is 10.3. The van der Waals surface area contributed by atoms with E-state index >= 15 is 0 Å². The van der Waals surface area contributed by atoms with Crippen LogP contribution in [0.5, 0.6) is 0 Å². The van der Waals surface area contributed by atoms with Gasteiger partial charge in [0.15, 0.2) is 0 Å². The van der Waals surface area contributed by atoms with E-state index in [1.165, 1.54) is 24.8 Å². The number of allylic oxidation sites excluding steroid dienone is 1. The van der Waals surface area contributed by atoms with E-state index in [0.717, 1.165) is 6.42 Å². The van der Waals surface area contributed by atoms with Gasteiger partial charge in [-0.25, -0.2) is 0 Å². The van der Waals surface area contributed by atoms with Gasteiger partial charge in [-0.1, -0.05) is 49.9 Å². The van der Waals surface area contributed by atoms with Crippen LogP contribution in [0.25, 0.3) is 0 Å². The molecule has 2 atom stereocenters. The molecule has 1 saturated carbocycles. The zero-order valence-electron chi connectivity index (χ0n) is 10.3. The maximum Gasteiger partial charge on any atom is 0.111 e. The molecule has 0 N–H and O–H groups in total. The zero-order chi connectivity index (χ0) is 12.1. The monoisotopic (exact) mass is 228 g/mol. The van der Waals surface area contributed by atoms with Crippen LogP contribution >= 0.6 is 0 Å². The fraction of sp³-hybridized carbons (Fsp3) is 0.375. The third kappa shape index (κ3) is 3.00. The standard InChI is InChI=1S/C16H20O/c1-3-13(2)17-16-12-8-7-11-15(16)14-9-5-4-6-10-14/h3-6,9-10,15-16H,1-2,7-8,11-12H2/t15-,16+/m1/s1. The molecular formula is C16H20O. The van der Waals surface area contributed by atoms with Crippen molar-refractivity contribution >= 4 is 0 Å². The number of rotatable bonds is 4. The maximum atomic E-state index is 5.89. The molecule has 0 unspecified atom stereocenters. The van der Waals surface area contributed by atoms with E-state index in [0.29, 0.717) is 11.7 Å². The lowest BCUT2D eigenvalue weighted by molar-refractivity contribution is 0.0710. The third-order valence-corrected chi connectivity index (χ3v) is 3.46. The molecule has 2 rings (SSSR count). The molecule has 0 amide bonds. The summed E-state index contributed by atoms with van der Waals surface area (Å²) in [5, 5.41) is 0. The van der Waals surface area contributed by atoms with Crippen molar-refractivity contribution in [2.45, 2.75) is 37.7 Å². The van der Waals surface area contributed by atoms with Crippen molar-refractivity contribution in [1.29, 1.82) is 0 Å². The summed E-state index contributed by atoms with van der Waals surface area (Å²) in [5.41, 5.74) is 1.38. The van der Waals surface area contributed by atoms with Crippen molar-refractivity contribution in [3.63, 3.8) is 0 Å². The lowest BCUT2D eigenvalue weighted by atomic mass is 9.81. The Morgan fingerprint density at radius 3 is 2.59 bits per heavy atom. The highest BCUT2D eigenvalue weighted by Crippen LogP contribution is 2.35. The van der Waals surface area contributed by atoms with Gasteiger partial charge in [-0.3, -0.25) is 0 Å². The Kier molecular flexibility index (Phi) is 4.03. The van der Waals surface area contributed by atoms with Crippen LogP contribution in [-0.2, 0) is 4.74 Å². The molecular weight excluding hydrogens is 208 g/mol. The van der Waals surface area contributed by atoms with E-state index < -0.39 is 0 Å². The highest BCUT2D eigenvalue weighted by molar-refractivity contribution is 5.22. The van der Waals surface area contributed by atoms with Crippen LogP contribution in [0.15, 0.2) is 55.3 Å². The van der Waals surface area contributed by atoms with Crippen LogP contribution in [0.4, 0.5) is 0 Å². The summed E-state index contributed by atoms with van der Waals surface area (Å²) in [4.78, 5) is 0. The lowest BCUT2D eigenvalue weighted by Gasteiger charge is -2.32. The van der Waals surface area contributed by atoms with Crippen LogP contribution in [0.1, 0.15) is 37.2 Å². The van der Waals surface area contributed by atoms with Gasteiger partial charge in [0.1, 0.15) is 11.9 Å². The van der Waals surface area contributed by atoms with Gasteiger partial charge in [-0.15, -0.1) is 0 Å². The molecule has 1 aliphatic rings. The summed E-state index contributed by atoms with van der Waals surface area (Å²) in [6, 6.07) is 10.7. The van der Waals surface area contributed by atoms with Crippen LogP contribution in [-0.4, -0.2) is 6.10 Å². The molecule has 0 bridgehead atoms. The Hall–Kier alpha value is -1.50. The molecule has 17 heavy (non-hydrogen) atoms. The normalized spacial score (nSPS) is 24.0. The van der Waals surface area contributed by atoms with E-state index in [-0.39, 0.29) is 6.10 Å². The Morgan fingerprint density at radius 2 is 1.88 bits per heavy atom. The maximum absolute atomic E-state index is 5.89. The van der Waals surface area contributed by atoms with Gasteiger partial charge < -0.3 is 4.74 Å². The van der Waals surface area contributed by atoms with Gasteiger partial charge in [0.05, 0.1) is 0 Å². The minimum absolute atomic E-state index is 0.261. The van der Waals surface area contributed by atoms with E-state index in [4.69, 9.17) is 4.74 Å². The first-order valence-electron chi connectivity index (χ1n) is 6.34. The molecule has 0 saturated heterocycles. The average molecular weight is 228 g/mol.